The van der Waals surface area contributed by atoms with Gasteiger partial charge in [0.15, 0.2) is 4.33 Å². The molecule has 19 heavy (non-hydrogen) atoms. The summed E-state index contributed by atoms with van der Waals surface area (Å²) < 4.78 is -1.40. The molecule has 0 radical (unpaired) electrons. The van der Waals surface area contributed by atoms with E-state index in [1.54, 1.807) is 0 Å². The van der Waals surface area contributed by atoms with Gasteiger partial charge in [-0.2, -0.15) is 0 Å². The zero-order valence-corrected chi connectivity index (χ0v) is 13.9. The number of Topliss-reactive ketones (excluding diaryl/α,β-unsaturated/α-hetero) is 1. The van der Waals surface area contributed by atoms with E-state index >= 15 is 0 Å². The fourth-order valence-corrected chi connectivity index (χ4v) is 10.2. The van der Waals surface area contributed by atoms with E-state index in [0.717, 1.165) is 6.42 Å². The molecule has 0 heterocycles. The maximum atomic E-state index is 12.6. The monoisotopic (exact) mass is 378 g/mol. The molecule has 1 nitrogen and oxygen atoms in total. The van der Waals surface area contributed by atoms with Crippen molar-refractivity contribution in [3.8, 4) is 0 Å². The van der Waals surface area contributed by atoms with E-state index in [1.165, 1.54) is 0 Å². The van der Waals surface area contributed by atoms with Crippen LogP contribution in [0.15, 0.2) is 0 Å². The Morgan fingerprint density at radius 3 is 2.26 bits per heavy atom. The van der Waals surface area contributed by atoms with Crippen LogP contribution < -0.4 is 0 Å². The van der Waals surface area contributed by atoms with E-state index in [2.05, 4.69) is 0 Å². The summed E-state index contributed by atoms with van der Waals surface area (Å²) in [5.41, 5.74) is 0. The average Bonchev–Trinajstić information content (AvgIpc) is 2.95. The van der Waals surface area contributed by atoms with Gasteiger partial charge in [-0.3, -0.25) is 4.79 Å². The Hall–Kier alpha value is 1.41. The van der Waals surface area contributed by atoms with E-state index in [9.17, 15) is 4.79 Å². The van der Waals surface area contributed by atoms with Crippen LogP contribution in [0.2, 0.25) is 0 Å². The van der Waals surface area contributed by atoms with Crippen LogP contribution in [-0.2, 0) is 4.79 Å². The number of ketones is 1. The van der Waals surface area contributed by atoms with Gasteiger partial charge in [0, 0.05) is 11.8 Å². The number of carbonyl (C=O) groups excluding carboxylic acids is 1. The first kappa shape index (κ1) is 12.9. The second-order valence-corrected chi connectivity index (χ2v) is 10.2. The summed E-state index contributed by atoms with van der Waals surface area (Å²) in [6, 6.07) is 0. The maximum absolute atomic E-state index is 12.6. The Morgan fingerprint density at radius 2 is 1.63 bits per heavy atom. The Kier molecular flexibility index (Phi) is 1.99. The maximum Gasteiger partial charge on any atom is 0.160 e. The van der Waals surface area contributed by atoms with Gasteiger partial charge < -0.3 is 0 Å². The molecule has 0 spiro atoms. The molecule has 9 atom stereocenters. The molecule has 0 aromatic carbocycles. The van der Waals surface area contributed by atoms with Crippen LogP contribution in [0.25, 0.3) is 0 Å². The summed E-state index contributed by atoms with van der Waals surface area (Å²) in [7, 11) is 0. The van der Waals surface area contributed by atoms with Crippen molar-refractivity contribution in [2.75, 3.05) is 0 Å². The highest BCUT2D eigenvalue weighted by molar-refractivity contribution is 6.64. The molecule has 5 aliphatic rings. The van der Waals surface area contributed by atoms with Crippen LogP contribution in [0.1, 0.15) is 6.42 Å². The molecule has 0 aromatic rings. The zero-order valence-electron chi connectivity index (χ0n) is 9.35. The van der Waals surface area contributed by atoms with Crippen molar-refractivity contribution in [3.05, 3.63) is 0 Å². The lowest BCUT2D eigenvalue weighted by Crippen LogP contribution is -2.54. The van der Waals surface area contributed by atoms with Gasteiger partial charge in [-0.15, -0.1) is 46.4 Å². The molecule has 5 saturated carbocycles. The first-order valence-electron chi connectivity index (χ1n) is 6.29. The summed E-state index contributed by atoms with van der Waals surface area (Å²) in [4.78, 5) is 9.19. The molecular weight excluding hydrogens is 373 g/mol. The van der Waals surface area contributed by atoms with Gasteiger partial charge in [-0.05, 0) is 24.2 Å². The van der Waals surface area contributed by atoms with Crippen LogP contribution in [0.4, 0.5) is 0 Å². The highest BCUT2D eigenvalue weighted by Crippen LogP contribution is 2.90. The molecule has 104 valence electrons. The van der Waals surface area contributed by atoms with Crippen molar-refractivity contribution in [2.24, 2.45) is 29.6 Å². The van der Waals surface area contributed by atoms with Crippen molar-refractivity contribution in [2.45, 2.75) is 30.8 Å². The number of carbonyl (C=O) groups is 1. The van der Waals surface area contributed by atoms with Crippen molar-refractivity contribution in [3.63, 3.8) is 0 Å². The standard InChI is InChI=1S/C12H8Cl6O/c13-8-9(14)6-2-1-3(7(6)19)4-5(2)11(9,16)12(17,18)10(4,8)15/h2-6,8H,1H2/t2-,3+,4-,5+,6+,8+,9+,10+,11-/m0/s1. The lowest BCUT2D eigenvalue weighted by atomic mass is 9.76. The highest BCUT2D eigenvalue weighted by atomic mass is 35.5. The van der Waals surface area contributed by atoms with Crippen molar-refractivity contribution in [1.29, 1.82) is 0 Å². The zero-order chi connectivity index (χ0) is 13.7. The minimum absolute atomic E-state index is 0.00173. The predicted molar refractivity (Wildman–Crippen MR) is 76.9 cm³/mol. The van der Waals surface area contributed by atoms with E-state index < -0.39 is 24.3 Å². The number of alkyl halides is 6. The fourth-order valence-electron chi connectivity index (χ4n) is 6.19. The molecule has 5 fully saturated rings. The molecule has 5 aliphatic carbocycles. The first-order chi connectivity index (χ1) is 8.66. The Morgan fingerprint density at radius 1 is 1.00 bits per heavy atom. The molecule has 5 rings (SSSR count). The largest absolute Gasteiger partial charge is 0.299 e. The minimum Gasteiger partial charge on any atom is -0.299 e. The topological polar surface area (TPSA) is 17.1 Å². The Labute approximate surface area is 140 Å². The number of rotatable bonds is 0. The van der Waals surface area contributed by atoms with E-state index in [0.29, 0.717) is 0 Å². The third-order valence-corrected chi connectivity index (χ3v) is 11.5. The molecule has 0 N–H and O–H groups in total. The normalized spacial score (nSPS) is 73.7. The van der Waals surface area contributed by atoms with Crippen LogP contribution in [-0.4, -0.2) is 30.1 Å². The molecule has 7 heteroatoms. The molecule has 0 unspecified atom stereocenters. The van der Waals surface area contributed by atoms with Crippen LogP contribution in [0, 0.1) is 29.6 Å². The minimum atomic E-state index is -1.40. The van der Waals surface area contributed by atoms with Gasteiger partial charge >= 0.3 is 0 Å². The van der Waals surface area contributed by atoms with Gasteiger partial charge in [0.05, 0.1) is 10.3 Å². The average molecular weight is 381 g/mol. The summed E-state index contributed by atoms with van der Waals surface area (Å²) in [5.74, 6) is -0.312. The predicted octanol–water partition coefficient (Wildman–Crippen LogP) is 3.81. The summed E-state index contributed by atoms with van der Waals surface area (Å²) in [6.45, 7) is 0. The number of fused-ring (bicyclic) bond motifs is 5. The molecule has 4 bridgehead atoms. The summed E-state index contributed by atoms with van der Waals surface area (Å²) >= 11 is 40.2. The highest BCUT2D eigenvalue weighted by Gasteiger charge is 3.00. The van der Waals surface area contributed by atoms with Gasteiger partial charge in [0.25, 0.3) is 0 Å². The number of halogens is 6. The van der Waals surface area contributed by atoms with E-state index in [1.807, 2.05) is 0 Å². The van der Waals surface area contributed by atoms with Crippen LogP contribution in [0.3, 0.4) is 0 Å². The fraction of sp³-hybridized carbons (Fsp3) is 0.917. The smallest absolute Gasteiger partial charge is 0.160 e. The van der Waals surface area contributed by atoms with Gasteiger partial charge in [0.1, 0.15) is 15.5 Å². The van der Waals surface area contributed by atoms with Gasteiger partial charge in [-0.1, -0.05) is 23.2 Å². The second kappa shape index (κ2) is 2.93. The molecule has 0 aliphatic heterocycles. The Balaban J connectivity index is 1.95. The lowest BCUT2D eigenvalue weighted by Gasteiger charge is -2.41. The molecule has 0 aromatic heterocycles. The molecular formula is C12H8Cl6O. The first-order valence-corrected chi connectivity index (χ1v) is 8.61. The van der Waals surface area contributed by atoms with Crippen molar-refractivity contribution < 1.29 is 4.79 Å². The summed E-state index contributed by atoms with van der Waals surface area (Å²) in [5, 5.41) is -0.693. The summed E-state index contributed by atoms with van der Waals surface area (Å²) in [6.07, 6.45) is 0.809. The number of hydrogen-bond donors (Lipinski definition) is 0. The van der Waals surface area contributed by atoms with E-state index in [-0.39, 0.29) is 35.4 Å². The van der Waals surface area contributed by atoms with Gasteiger partial charge in [-0.25, -0.2) is 0 Å². The van der Waals surface area contributed by atoms with E-state index in [4.69, 9.17) is 69.6 Å². The SMILES string of the molecule is O=C1[C@@H]2C[C@H]3[C@@H]4[C@H]2[C@@]2(Cl)[C@H](Cl)[C@](Cl)([C@@H]13)[C@]4(Cl)C2(Cl)Cl. The quantitative estimate of drug-likeness (QED) is 0.584. The van der Waals surface area contributed by atoms with Gasteiger partial charge in [0.2, 0.25) is 0 Å². The third-order valence-electron chi connectivity index (χ3n) is 6.54. The van der Waals surface area contributed by atoms with Crippen LogP contribution in [0.5, 0.6) is 0 Å². The lowest BCUT2D eigenvalue weighted by molar-refractivity contribution is -0.126. The Bertz CT molecular complexity index is 564. The van der Waals surface area contributed by atoms with Crippen molar-refractivity contribution >= 4 is 75.4 Å². The van der Waals surface area contributed by atoms with Crippen LogP contribution >= 0.6 is 69.6 Å². The third kappa shape index (κ3) is 0.788. The molecule has 0 amide bonds. The van der Waals surface area contributed by atoms with Crippen molar-refractivity contribution in [1.82, 2.24) is 0 Å². The number of hydrogen-bond acceptors (Lipinski definition) is 1. The molecule has 0 saturated heterocycles. The second-order valence-electron chi connectivity index (χ2n) is 6.62.